The van der Waals surface area contributed by atoms with E-state index in [2.05, 4.69) is 12.1 Å². The number of amides is 1. The van der Waals surface area contributed by atoms with Crippen molar-refractivity contribution in [2.45, 2.75) is 25.7 Å². The molecule has 3 heteroatoms. The zero-order valence-corrected chi connectivity index (χ0v) is 10.4. The fourth-order valence-electron chi connectivity index (χ4n) is 2.36. The maximum Gasteiger partial charge on any atom is 0.253 e. The molecule has 1 aromatic carbocycles. The lowest BCUT2D eigenvalue weighted by Crippen LogP contribution is -2.29. The number of hydrogen-bond acceptors (Lipinski definition) is 2. The molecule has 17 heavy (non-hydrogen) atoms. The first-order valence-corrected chi connectivity index (χ1v) is 6.29. The monoisotopic (exact) mass is 232 g/mol. The van der Waals surface area contributed by atoms with Crippen LogP contribution in [-0.2, 0) is 12.8 Å². The van der Waals surface area contributed by atoms with Crippen molar-refractivity contribution < 1.29 is 4.79 Å². The molecule has 1 aromatic rings. The van der Waals surface area contributed by atoms with Crippen LogP contribution in [0.2, 0.25) is 0 Å². The molecule has 0 spiro atoms. The van der Waals surface area contributed by atoms with E-state index in [1.165, 1.54) is 17.5 Å². The third kappa shape index (κ3) is 2.67. The van der Waals surface area contributed by atoms with E-state index in [0.717, 1.165) is 31.4 Å². The Bertz CT molecular complexity index is 415. The molecule has 0 saturated carbocycles. The van der Waals surface area contributed by atoms with Gasteiger partial charge in [-0.25, -0.2) is 0 Å². The van der Waals surface area contributed by atoms with Crippen molar-refractivity contribution in [1.82, 2.24) is 4.90 Å². The van der Waals surface area contributed by atoms with E-state index in [0.29, 0.717) is 6.54 Å². The molecule has 0 atom stereocenters. The summed E-state index contributed by atoms with van der Waals surface area (Å²) in [6.07, 6.45) is 4.35. The molecule has 1 amide bonds. The van der Waals surface area contributed by atoms with E-state index in [9.17, 15) is 4.79 Å². The van der Waals surface area contributed by atoms with Crippen LogP contribution in [0.4, 0.5) is 0 Å². The van der Waals surface area contributed by atoms with E-state index in [1.54, 1.807) is 4.90 Å². The van der Waals surface area contributed by atoms with Gasteiger partial charge in [-0.1, -0.05) is 6.07 Å². The third-order valence-electron chi connectivity index (χ3n) is 3.39. The average molecular weight is 232 g/mol. The Balaban J connectivity index is 2.09. The average Bonchev–Trinajstić information content (AvgIpc) is 2.81. The van der Waals surface area contributed by atoms with Crippen molar-refractivity contribution in [3.63, 3.8) is 0 Å². The summed E-state index contributed by atoms with van der Waals surface area (Å²) in [6, 6.07) is 6.11. The lowest BCUT2D eigenvalue weighted by Gasteiger charge is -2.17. The van der Waals surface area contributed by atoms with Crippen molar-refractivity contribution in [3.05, 3.63) is 34.9 Å². The Morgan fingerprint density at radius 2 is 2.12 bits per heavy atom. The summed E-state index contributed by atoms with van der Waals surface area (Å²) in [5, 5.41) is 0. The predicted molar refractivity (Wildman–Crippen MR) is 69.1 cm³/mol. The molecule has 0 bridgehead atoms. The Morgan fingerprint density at radius 1 is 1.35 bits per heavy atom. The first kappa shape index (κ1) is 12.1. The molecule has 0 aliphatic heterocycles. The van der Waals surface area contributed by atoms with Crippen LogP contribution in [0.15, 0.2) is 18.2 Å². The van der Waals surface area contributed by atoms with Crippen LogP contribution in [0, 0.1) is 0 Å². The smallest absolute Gasteiger partial charge is 0.253 e. The molecule has 0 saturated heterocycles. The fourth-order valence-corrected chi connectivity index (χ4v) is 2.36. The van der Waals surface area contributed by atoms with E-state index in [4.69, 9.17) is 5.73 Å². The van der Waals surface area contributed by atoms with Crippen LogP contribution < -0.4 is 5.73 Å². The Kier molecular flexibility index (Phi) is 3.79. The molecular formula is C14H20N2O. The van der Waals surface area contributed by atoms with Gasteiger partial charge in [-0.2, -0.15) is 0 Å². The highest BCUT2D eigenvalue weighted by molar-refractivity contribution is 5.94. The number of carbonyl (C=O) groups is 1. The Hall–Kier alpha value is -1.35. The first-order chi connectivity index (χ1) is 8.22. The summed E-state index contributed by atoms with van der Waals surface area (Å²) in [5.74, 6) is 0.105. The summed E-state index contributed by atoms with van der Waals surface area (Å²) < 4.78 is 0. The largest absolute Gasteiger partial charge is 0.342 e. The van der Waals surface area contributed by atoms with Crippen molar-refractivity contribution in [3.8, 4) is 0 Å². The van der Waals surface area contributed by atoms with E-state index < -0.39 is 0 Å². The van der Waals surface area contributed by atoms with Gasteiger partial charge in [0.1, 0.15) is 0 Å². The van der Waals surface area contributed by atoms with Crippen molar-refractivity contribution in [1.29, 1.82) is 0 Å². The number of carbonyl (C=O) groups excluding carboxylic acids is 1. The number of rotatable bonds is 4. The fraction of sp³-hybridized carbons (Fsp3) is 0.500. The molecule has 0 heterocycles. The molecule has 1 aliphatic rings. The highest BCUT2D eigenvalue weighted by Gasteiger charge is 2.15. The van der Waals surface area contributed by atoms with Crippen LogP contribution in [-0.4, -0.2) is 30.9 Å². The lowest BCUT2D eigenvalue weighted by atomic mass is 10.1. The number of benzene rings is 1. The minimum absolute atomic E-state index is 0.105. The van der Waals surface area contributed by atoms with Crippen molar-refractivity contribution in [2.24, 2.45) is 5.73 Å². The second-order valence-electron chi connectivity index (χ2n) is 4.71. The van der Waals surface area contributed by atoms with Gasteiger partial charge < -0.3 is 10.6 Å². The lowest BCUT2D eigenvalue weighted by molar-refractivity contribution is 0.0794. The minimum Gasteiger partial charge on any atom is -0.342 e. The SMILES string of the molecule is CN(CCCN)C(=O)c1ccc2c(c1)CCC2. The summed E-state index contributed by atoms with van der Waals surface area (Å²) in [5.41, 5.74) is 9.02. The van der Waals surface area contributed by atoms with E-state index in [1.807, 2.05) is 13.1 Å². The molecular weight excluding hydrogens is 212 g/mol. The number of fused-ring (bicyclic) bond motifs is 1. The van der Waals surface area contributed by atoms with Crippen LogP contribution in [0.3, 0.4) is 0 Å². The standard InChI is InChI=1S/C14H20N2O/c1-16(9-3-8-15)14(17)13-7-6-11-4-2-5-12(11)10-13/h6-7,10H,2-5,8-9,15H2,1H3. The van der Waals surface area contributed by atoms with Gasteiger partial charge in [0.05, 0.1) is 0 Å². The molecule has 3 nitrogen and oxygen atoms in total. The van der Waals surface area contributed by atoms with Gasteiger partial charge >= 0.3 is 0 Å². The molecule has 0 aromatic heterocycles. The molecule has 1 aliphatic carbocycles. The molecule has 2 rings (SSSR count). The predicted octanol–water partition coefficient (Wildman–Crippen LogP) is 1.60. The summed E-state index contributed by atoms with van der Waals surface area (Å²) in [4.78, 5) is 13.9. The summed E-state index contributed by atoms with van der Waals surface area (Å²) >= 11 is 0. The number of aryl methyl sites for hydroxylation is 2. The van der Waals surface area contributed by atoms with Crippen LogP contribution in [0.5, 0.6) is 0 Å². The van der Waals surface area contributed by atoms with Gasteiger partial charge in [-0.05, 0) is 55.5 Å². The molecule has 0 radical (unpaired) electrons. The summed E-state index contributed by atoms with van der Waals surface area (Å²) in [6.45, 7) is 1.36. The Labute approximate surface area is 103 Å². The van der Waals surface area contributed by atoms with Crippen LogP contribution >= 0.6 is 0 Å². The van der Waals surface area contributed by atoms with Gasteiger partial charge in [0.2, 0.25) is 0 Å². The van der Waals surface area contributed by atoms with E-state index >= 15 is 0 Å². The normalized spacial score (nSPS) is 13.5. The van der Waals surface area contributed by atoms with Gasteiger partial charge in [-0.15, -0.1) is 0 Å². The topological polar surface area (TPSA) is 46.3 Å². The molecule has 92 valence electrons. The van der Waals surface area contributed by atoms with Gasteiger partial charge in [0, 0.05) is 19.2 Å². The quantitative estimate of drug-likeness (QED) is 0.857. The van der Waals surface area contributed by atoms with Gasteiger partial charge in [0.25, 0.3) is 5.91 Å². The highest BCUT2D eigenvalue weighted by atomic mass is 16.2. The third-order valence-corrected chi connectivity index (χ3v) is 3.39. The molecule has 2 N–H and O–H groups in total. The second-order valence-corrected chi connectivity index (χ2v) is 4.71. The minimum atomic E-state index is 0.105. The zero-order chi connectivity index (χ0) is 12.3. The number of hydrogen-bond donors (Lipinski definition) is 1. The highest BCUT2D eigenvalue weighted by Crippen LogP contribution is 2.23. The molecule has 0 unspecified atom stereocenters. The van der Waals surface area contributed by atoms with Crippen molar-refractivity contribution in [2.75, 3.05) is 20.1 Å². The number of nitrogens with two attached hydrogens (primary N) is 1. The maximum atomic E-state index is 12.1. The maximum absolute atomic E-state index is 12.1. The second kappa shape index (κ2) is 5.32. The van der Waals surface area contributed by atoms with E-state index in [-0.39, 0.29) is 5.91 Å². The molecule has 0 fully saturated rings. The summed E-state index contributed by atoms with van der Waals surface area (Å²) in [7, 11) is 1.84. The van der Waals surface area contributed by atoms with Gasteiger partial charge in [-0.3, -0.25) is 4.79 Å². The first-order valence-electron chi connectivity index (χ1n) is 6.29. The Morgan fingerprint density at radius 3 is 2.88 bits per heavy atom. The van der Waals surface area contributed by atoms with Gasteiger partial charge in [0.15, 0.2) is 0 Å². The zero-order valence-electron chi connectivity index (χ0n) is 10.4. The van der Waals surface area contributed by atoms with Crippen LogP contribution in [0.25, 0.3) is 0 Å². The number of nitrogens with zero attached hydrogens (tertiary/aromatic N) is 1. The van der Waals surface area contributed by atoms with Crippen LogP contribution in [0.1, 0.15) is 34.3 Å². The van der Waals surface area contributed by atoms with Crippen molar-refractivity contribution >= 4 is 5.91 Å².